The minimum Gasteiger partial charge on any atom is -0.326 e. The van der Waals surface area contributed by atoms with Crippen LogP contribution in [0.25, 0.3) is 0 Å². The number of nitrogens with two attached hydrogens (primary N) is 1. The van der Waals surface area contributed by atoms with E-state index < -0.39 is 24.8 Å². The Morgan fingerprint density at radius 1 is 1.28 bits per heavy atom. The summed E-state index contributed by atoms with van der Waals surface area (Å²) in [6.45, 7) is 1.43. The maximum absolute atomic E-state index is 13.8. The molecule has 1 aromatic carbocycles. The van der Waals surface area contributed by atoms with Crippen molar-refractivity contribution in [1.29, 1.82) is 0 Å². The highest BCUT2D eigenvalue weighted by Crippen LogP contribution is 2.26. The monoisotopic (exact) mass is 260 g/mol. The molecule has 0 spiro atoms. The molecule has 0 heterocycles. The first-order valence-electron chi connectivity index (χ1n) is 5.95. The number of hydrogen-bond donors (Lipinski definition) is 1. The van der Waals surface area contributed by atoms with Crippen molar-refractivity contribution in [3.05, 3.63) is 35.6 Å². The number of alkyl halides is 2. The maximum Gasteiger partial charge on any atom is 0.251 e. The highest BCUT2D eigenvalue weighted by atomic mass is 19.3. The molecule has 5 heteroatoms. The van der Waals surface area contributed by atoms with E-state index in [0.29, 0.717) is 12.0 Å². The molecule has 2 atom stereocenters. The van der Waals surface area contributed by atoms with Crippen molar-refractivity contribution >= 4 is 0 Å². The van der Waals surface area contributed by atoms with E-state index in [4.69, 9.17) is 5.73 Å². The lowest BCUT2D eigenvalue weighted by Gasteiger charge is -2.32. The van der Waals surface area contributed by atoms with Gasteiger partial charge in [0.25, 0.3) is 6.43 Å². The average Bonchev–Trinajstić information content (AvgIpc) is 2.30. The van der Waals surface area contributed by atoms with E-state index in [9.17, 15) is 13.2 Å². The Balaban J connectivity index is 3.02. The fraction of sp³-hybridized carbons (Fsp3) is 0.538. The molecular formula is C13H19F3N2. The molecule has 1 rings (SSSR count). The Bertz CT molecular complexity index is 371. The van der Waals surface area contributed by atoms with E-state index in [-0.39, 0.29) is 6.04 Å². The normalized spacial score (nSPS) is 15.1. The van der Waals surface area contributed by atoms with Gasteiger partial charge in [0, 0.05) is 11.6 Å². The molecule has 0 aromatic heterocycles. The molecule has 0 amide bonds. The van der Waals surface area contributed by atoms with Crippen molar-refractivity contribution in [3.8, 4) is 0 Å². The van der Waals surface area contributed by atoms with E-state index in [1.807, 2.05) is 6.92 Å². The first-order chi connectivity index (χ1) is 8.47. The second-order valence-corrected chi connectivity index (χ2v) is 4.37. The Kier molecular flexibility index (Phi) is 5.62. The molecule has 18 heavy (non-hydrogen) atoms. The van der Waals surface area contributed by atoms with E-state index in [2.05, 4.69) is 0 Å². The number of rotatable bonds is 6. The van der Waals surface area contributed by atoms with Crippen LogP contribution >= 0.6 is 0 Å². The van der Waals surface area contributed by atoms with Crippen LogP contribution in [0.2, 0.25) is 0 Å². The summed E-state index contributed by atoms with van der Waals surface area (Å²) in [5.74, 6) is -0.410. The lowest BCUT2D eigenvalue weighted by atomic mass is 9.96. The second-order valence-electron chi connectivity index (χ2n) is 4.37. The number of likely N-dealkylation sites (N-methyl/N-ethyl adjacent to an activating group) is 1. The zero-order chi connectivity index (χ0) is 13.7. The van der Waals surface area contributed by atoms with Crippen molar-refractivity contribution in [1.82, 2.24) is 4.90 Å². The smallest absolute Gasteiger partial charge is 0.251 e. The van der Waals surface area contributed by atoms with Crippen molar-refractivity contribution < 1.29 is 13.2 Å². The Hall–Kier alpha value is -1.07. The molecular weight excluding hydrogens is 241 g/mol. The summed E-state index contributed by atoms with van der Waals surface area (Å²) < 4.78 is 38.7. The van der Waals surface area contributed by atoms with Gasteiger partial charge in [-0.2, -0.15) is 0 Å². The maximum atomic E-state index is 13.8. The van der Waals surface area contributed by atoms with Gasteiger partial charge >= 0.3 is 0 Å². The molecule has 0 bridgehead atoms. The van der Waals surface area contributed by atoms with Gasteiger partial charge in [-0.3, -0.25) is 4.90 Å². The van der Waals surface area contributed by atoms with E-state index >= 15 is 0 Å². The third kappa shape index (κ3) is 3.71. The Labute approximate surface area is 106 Å². The minimum atomic E-state index is -2.46. The number of nitrogens with zero attached hydrogens (tertiary/aromatic N) is 1. The molecule has 0 aliphatic carbocycles. The summed E-state index contributed by atoms with van der Waals surface area (Å²) in [4.78, 5) is 1.41. The summed E-state index contributed by atoms with van der Waals surface area (Å²) in [6.07, 6.45) is -1.87. The average molecular weight is 260 g/mol. The van der Waals surface area contributed by atoms with Gasteiger partial charge in [-0.05, 0) is 19.5 Å². The topological polar surface area (TPSA) is 29.3 Å². The van der Waals surface area contributed by atoms with Gasteiger partial charge < -0.3 is 5.73 Å². The van der Waals surface area contributed by atoms with Crippen molar-refractivity contribution in [2.45, 2.75) is 31.9 Å². The third-order valence-electron chi connectivity index (χ3n) is 3.00. The third-order valence-corrected chi connectivity index (χ3v) is 3.00. The predicted molar refractivity (Wildman–Crippen MR) is 66.0 cm³/mol. The second kappa shape index (κ2) is 6.75. The molecule has 0 saturated carbocycles. The summed E-state index contributed by atoms with van der Waals surface area (Å²) in [5.41, 5.74) is 6.31. The zero-order valence-electron chi connectivity index (χ0n) is 10.6. The molecule has 0 aliphatic heterocycles. The van der Waals surface area contributed by atoms with Gasteiger partial charge in [0.15, 0.2) is 0 Å². The molecule has 2 unspecified atom stereocenters. The van der Waals surface area contributed by atoms with E-state index in [1.165, 1.54) is 11.0 Å². The summed E-state index contributed by atoms with van der Waals surface area (Å²) in [6, 6.07) is 5.25. The van der Waals surface area contributed by atoms with Crippen LogP contribution in [-0.4, -0.2) is 31.0 Å². The zero-order valence-corrected chi connectivity index (χ0v) is 10.6. The first-order valence-corrected chi connectivity index (χ1v) is 5.95. The highest BCUT2D eigenvalue weighted by Gasteiger charge is 2.27. The van der Waals surface area contributed by atoms with Crippen LogP contribution in [0.4, 0.5) is 13.2 Å². The Morgan fingerprint density at radius 2 is 1.89 bits per heavy atom. The SMILES string of the molecule is CCC(N)C(c1ccccc1F)N(C)CC(F)F. The highest BCUT2D eigenvalue weighted by molar-refractivity contribution is 5.22. The lowest BCUT2D eigenvalue weighted by Crippen LogP contribution is -2.41. The molecule has 2 N–H and O–H groups in total. The van der Waals surface area contributed by atoms with Gasteiger partial charge in [0.05, 0.1) is 12.6 Å². The van der Waals surface area contributed by atoms with Gasteiger partial charge in [0.2, 0.25) is 0 Å². The molecule has 102 valence electrons. The summed E-state index contributed by atoms with van der Waals surface area (Å²) >= 11 is 0. The Morgan fingerprint density at radius 3 is 2.39 bits per heavy atom. The number of benzene rings is 1. The van der Waals surface area contributed by atoms with Crippen LogP contribution in [0.1, 0.15) is 24.9 Å². The number of halogens is 3. The van der Waals surface area contributed by atoms with Crippen molar-refractivity contribution in [3.63, 3.8) is 0 Å². The van der Waals surface area contributed by atoms with Gasteiger partial charge in [0.1, 0.15) is 5.82 Å². The van der Waals surface area contributed by atoms with Crippen LogP contribution in [0, 0.1) is 5.82 Å². The van der Waals surface area contributed by atoms with Crippen LogP contribution < -0.4 is 5.73 Å². The van der Waals surface area contributed by atoms with Gasteiger partial charge in [-0.1, -0.05) is 25.1 Å². The minimum absolute atomic E-state index is 0.370. The van der Waals surface area contributed by atoms with Crippen LogP contribution in [0.3, 0.4) is 0 Å². The van der Waals surface area contributed by atoms with Gasteiger partial charge in [-0.25, -0.2) is 13.2 Å². The standard InChI is InChI=1S/C13H19F3N2/c1-3-11(17)13(18(2)8-12(15)16)9-6-4-5-7-10(9)14/h4-7,11-13H,3,8,17H2,1-2H3. The summed E-state index contributed by atoms with van der Waals surface area (Å²) in [7, 11) is 1.54. The fourth-order valence-electron chi connectivity index (χ4n) is 2.06. The van der Waals surface area contributed by atoms with Crippen molar-refractivity contribution in [2.75, 3.05) is 13.6 Å². The van der Waals surface area contributed by atoms with Crippen LogP contribution in [0.5, 0.6) is 0 Å². The lowest BCUT2D eigenvalue weighted by molar-refractivity contribution is 0.0725. The summed E-state index contributed by atoms with van der Waals surface area (Å²) in [5, 5.41) is 0. The fourth-order valence-corrected chi connectivity index (χ4v) is 2.06. The van der Waals surface area contributed by atoms with Gasteiger partial charge in [-0.15, -0.1) is 0 Å². The molecule has 0 aliphatic rings. The molecule has 0 saturated heterocycles. The molecule has 2 nitrogen and oxygen atoms in total. The first kappa shape index (κ1) is 15.0. The van der Waals surface area contributed by atoms with E-state index in [1.54, 1.807) is 25.2 Å². The van der Waals surface area contributed by atoms with Crippen LogP contribution in [-0.2, 0) is 0 Å². The molecule has 0 fully saturated rings. The molecule has 1 aromatic rings. The van der Waals surface area contributed by atoms with Crippen LogP contribution in [0.15, 0.2) is 24.3 Å². The predicted octanol–water partition coefficient (Wildman–Crippen LogP) is 2.80. The molecule has 0 radical (unpaired) electrons. The largest absolute Gasteiger partial charge is 0.326 e. The number of hydrogen-bond acceptors (Lipinski definition) is 2. The van der Waals surface area contributed by atoms with E-state index in [0.717, 1.165) is 0 Å². The van der Waals surface area contributed by atoms with Crippen molar-refractivity contribution in [2.24, 2.45) is 5.73 Å². The quantitative estimate of drug-likeness (QED) is 0.852.